The third-order valence-electron chi connectivity index (χ3n) is 3.39. The van der Waals surface area contributed by atoms with E-state index >= 15 is 0 Å². The molecule has 2 aromatic carbocycles. The van der Waals surface area contributed by atoms with Gasteiger partial charge in [-0.05, 0) is 55.2 Å². The Morgan fingerprint density at radius 2 is 1.85 bits per heavy atom. The molecule has 2 nitrogen and oxygen atoms in total. The molecule has 0 heterocycles. The van der Waals surface area contributed by atoms with Gasteiger partial charge in [0, 0.05) is 15.7 Å². The zero-order valence-corrected chi connectivity index (χ0v) is 13.5. The van der Waals surface area contributed by atoms with E-state index in [4.69, 9.17) is 0 Å². The Hall–Kier alpha value is -1.61. The van der Waals surface area contributed by atoms with Crippen molar-refractivity contribution in [2.24, 2.45) is 0 Å². The topological polar surface area (TPSA) is 29.1 Å². The van der Waals surface area contributed by atoms with E-state index in [1.54, 1.807) is 0 Å². The summed E-state index contributed by atoms with van der Waals surface area (Å²) in [6.45, 7) is 6.05. The number of carbonyl (C=O) groups is 1. The van der Waals surface area contributed by atoms with E-state index in [1.165, 1.54) is 0 Å². The monoisotopic (exact) mass is 331 g/mol. The van der Waals surface area contributed by atoms with Crippen LogP contribution in [0, 0.1) is 13.8 Å². The van der Waals surface area contributed by atoms with Crippen molar-refractivity contribution < 1.29 is 4.79 Å². The minimum atomic E-state index is -0.0526. The summed E-state index contributed by atoms with van der Waals surface area (Å²) in [5.41, 5.74) is 4.83. The van der Waals surface area contributed by atoms with Crippen LogP contribution >= 0.6 is 15.9 Å². The number of amides is 1. The molecule has 0 atom stereocenters. The van der Waals surface area contributed by atoms with E-state index < -0.39 is 0 Å². The number of carbonyl (C=O) groups excluding carboxylic acids is 1. The van der Waals surface area contributed by atoms with Gasteiger partial charge in [-0.1, -0.05) is 41.1 Å². The van der Waals surface area contributed by atoms with Crippen LogP contribution in [0.2, 0.25) is 0 Å². The van der Waals surface area contributed by atoms with Crippen LogP contribution in [-0.2, 0) is 6.42 Å². The Kier molecular flexibility index (Phi) is 4.61. The molecule has 0 aliphatic rings. The fraction of sp³-hybridized carbons (Fsp3) is 0.235. The van der Waals surface area contributed by atoms with Crippen molar-refractivity contribution in [1.29, 1.82) is 0 Å². The first-order valence-corrected chi connectivity index (χ1v) is 7.48. The smallest absolute Gasteiger partial charge is 0.255 e. The molecule has 20 heavy (non-hydrogen) atoms. The van der Waals surface area contributed by atoms with Gasteiger partial charge < -0.3 is 5.32 Å². The summed E-state index contributed by atoms with van der Waals surface area (Å²) in [6, 6.07) is 11.7. The lowest BCUT2D eigenvalue weighted by molar-refractivity contribution is 0.102. The molecule has 2 rings (SSSR count). The summed E-state index contributed by atoms with van der Waals surface area (Å²) in [5.74, 6) is -0.0526. The first-order valence-electron chi connectivity index (χ1n) is 6.69. The van der Waals surface area contributed by atoms with Crippen LogP contribution in [0.25, 0.3) is 0 Å². The zero-order chi connectivity index (χ0) is 14.7. The van der Waals surface area contributed by atoms with Crippen molar-refractivity contribution in [2.75, 3.05) is 5.32 Å². The number of benzene rings is 2. The predicted molar refractivity (Wildman–Crippen MR) is 87.4 cm³/mol. The summed E-state index contributed by atoms with van der Waals surface area (Å²) in [6.07, 6.45) is 0.879. The van der Waals surface area contributed by atoms with Gasteiger partial charge in [-0.3, -0.25) is 4.79 Å². The van der Waals surface area contributed by atoms with E-state index in [2.05, 4.69) is 34.2 Å². The first-order chi connectivity index (χ1) is 9.52. The molecule has 1 amide bonds. The number of hydrogen-bond donors (Lipinski definition) is 1. The molecular formula is C17H18BrNO. The molecule has 0 spiro atoms. The average Bonchev–Trinajstić information content (AvgIpc) is 2.41. The molecule has 0 unspecified atom stereocenters. The van der Waals surface area contributed by atoms with Crippen molar-refractivity contribution in [3.8, 4) is 0 Å². The molecule has 1 N–H and O–H groups in total. The molecule has 0 aromatic heterocycles. The molecule has 0 aliphatic carbocycles. The van der Waals surface area contributed by atoms with Crippen LogP contribution < -0.4 is 5.32 Å². The van der Waals surface area contributed by atoms with Crippen molar-refractivity contribution >= 4 is 27.5 Å². The van der Waals surface area contributed by atoms with Crippen LogP contribution in [0.15, 0.2) is 40.9 Å². The summed E-state index contributed by atoms with van der Waals surface area (Å²) in [7, 11) is 0. The van der Waals surface area contributed by atoms with Gasteiger partial charge in [0.25, 0.3) is 5.91 Å². The van der Waals surface area contributed by atoms with Gasteiger partial charge in [0.05, 0.1) is 0 Å². The Bertz CT molecular complexity index is 649. The molecule has 104 valence electrons. The highest BCUT2D eigenvalue weighted by atomic mass is 79.9. The van der Waals surface area contributed by atoms with E-state index in [0.717, 1.165) is 38.8 Å². The van der Waals surface area contributed by atoms with Crippen LogP contribution in [0.4, 0.5) is 5.69 Å². The SMILES string of the molecule is CCc1cc(Br)cc(C)c1NC(=O)c1ccccc1C. The lowest BCUT2D eigenvalue weighted by Crippen LogP contribution is -2.15. The van der Waals surface area contributed by atoms with Gasteiger partial charge in [0.1, 0.15) is 0 Å². The molecule has 0 saturated heterocycles. The average molecular weight is 332 g/mol. The van der Waals surface area contributed by atoms with E-state index in [0.29, 0.717) is 0 Å². The molecule has 0 radical (unpaired) electrons. The second-order valence-corrected chi connectivity index (χ2v) is 5.80. The van der Waals surface area contributed by atoms with Crippen LogP contribution in [-0.4, -0.2) is 5.91 Å². The van der Waals surface area contributed by atoms with Gasteiger partial charge in [0.2, 0.25) is 0 Å². The second kappa shape index (κ2) is 6.23. The van der Waals surface area contributed by atoms with E-state index in [9.17, 15) is 4.79 Å². The number of hydrogen-bond acceptors (Lipinski definition) is 1. The van der Waals surface area contributed by atoms with Gasteiger partial charge in [-0.2, -0.15) is 0 Å². The number of halogens is 1. The standard InChI is InChI=1S/C17H18BrNO/c1-4-13-10-14(18)9-12(3)16(13)19-17(20)15-8-6-5-7-11(15)2/h5-10H,4H2,1-3H3,(H,19,20). The number of anilines is 1. The highest BCUT2D eigenvalue weighted by molar-refractivity contribution is 9.10. The molecule has 0 saturated carbocycles. The number of aryl methyl sites for hydroxylation is 3. The third-order valence-corrected chi connectivity index (χ3v) is 3.85. The molecule has 2 aromatic rings. The number of rotatable bonds is 3. The van der Waals surface area contributed by atoms with Crippen LogP contribution in [0.3, 0.4) is 0 Å². The van der Waals surface area contributed by atoms with Gasteiger partial charge in [-0.15, -0.1) is 0 Å². The summed E-state index contributed by atoms with van der Waals surface area (Å²) < 4.78 is 1.04. The Morgan fingerprint density at radius 3 is 2.50 bits per heavy atom. The molecule has 3 heteroatoms. The van der Waals surface area contributed by atoms with E-state index in [1.807, 2.05) is 44.2 Å². The van der Waals surface area contributed by atoms with Gasteiger partial charge >= 0.3 is 0 Å². The lowest BCUT2D eigenvalue weighted by atomic mass is 10.0. The Balaban J connectivity index is 2.35. The van der Waals surface area contributed by atoms with Crippen molar-refractivity contribution in [2.45, 2.75) is 27.2 Å². The van der Waals surface area contributed by atoms with Crippen molar-refractivity contribution in [3.63, 3.8) is 0 Å². The maximum atomic E-state index is 12.4. The summed E-state index contributed by atoms with van der Waals surface area (Å²) >= 11 is 3.50. The Labute approximate surface area is 128 Å². The second-order valence-electron chi connectivity index (χ2n) is 4.88. The maximum Gasteiger partial charge on any atom is 0.255 e. The zero-order valence-electron chi connectivity index (χ0n) is 12.0. The molecule has 0 bridgehead atoms. The van der Waals surface area contributed by atoms with Crippen molar-refractivity contribution in [3.05, 3.63) is 63.1 Å². The molecule has 0 fully saturated rings. The maximum absolute atomic E-state index is 12.4. The van der Waals surface area contributed by atoms with Gasteiger partial charge in [-0.25, -0.2) is 0 Å². The number of nitrogens with one attached hydrogen (secondary N) is 1. The normalized spacial score (nSPS) is 10.4. The Morgan fingerprint density at radius 1 is 1.15 bits per heavy atom. The molecule has 0 aliphatic heterocycles. The highest BCUT2D eigenvalue weighted by Crippen LogP contribution is 2.27. The van der Waals surface area contributed by atoms with Crippen LogP contribution in [0.5, 0.6) is 0 Å². The minimum Gasteiger partial charge on any atom is -0.321 e. The largest absolute Gasteiger partial charge is 0.321 e. The predicted octanol–water partition coefficient (Wildman–Crippen LogP) is 4.88. The first kappa shape index (κ1) is 14.8. The van der Waals surface area contributed by atoms with Crippen LogP contribution in [0.1, 0.15) is 34.0 Å². The highest BCUT2D eigenvalue weighted by Gasteiger charge is 2.13. The lowest BCUT2D eigenvalue weighted by Gasteiger charge is -2.14. The van der Waals surface area contributed by atoms with E-state index in [-0.39, 0.29) is 5.91 Å². The fourth-order valence-corrected chi connectivity index (χ4v) is 2.90. The fourth-order valence-electron chi connectivity index (χ4n) is 2.28. The minimum absolute atomic E-state index is 0.0526. The summed E-state index contributed by atoms with van der Waals surface area (Å²) in [5, 5.41) is 3.05. The third kappa shape index (κ3) is 3.10. The molecular weight excluding hydrogens is 314 g/mol. The van der Waals surface area contributed by atoms with Crippen molar-refractivity contribution in [1.82, 2.24) is 0 Å². The van der Waals surface area contributed by atoms with Gasteiger partial charge in [0.15, 0.2) is 0 Å². The quantitative estimate of drug-likeness (QED) is 0.853. The summed E-state index contributed by atoms with van der Waals surface area (Å²) in [4.78, 5) is 12.4.